The van der Waals surface area contributed by atoms with Gasteiger partial charge in [-0.2, -0.15) is 5.10 Å². The van der Waals surface area contributed by atoms with E-state index in [0.717, 1.165) is 23.3 Å². The average Bonchev–Trinajstić information content (AvgIpc) is 3.07. The Morgan fingerprint density at radius 1 is 1.24 bits per heavy atom. The molecule has 1 N–H and O–H groups in total. The lowest BCUT2D eigenvalue weighted by Gasteiger charge is -2.25. The van der Waals surface area contributed by atoms with Crippen LogP contribution in [0.1, 0.15) is 30.5 Å². The summed E-state index contributed by atoms with van der Waals surface area (Å²) in [5.41, 5.74) is 2.53. The molecule has 0 radical (unpaired) electrons. The fourth-order valence-electron chi connectivity index (χ4n) is 3.13. The van der Waals surface area contributed by atoms with Crippen molar-refractivity contribution >= 4 is 18.1 Å². The van der Waals surface area contributed by atoms with E-state index in [4.69, 9.17) is 12.2 Å². The molecule has 0 bridgehead atoms. The van der Waals surface area contributed by atoms with Crippen molar-refractivity contribution in [1.82, 2.24) is 19.7 Å². The summed E-state index contributed by atoms with van der Waals surface area (Å²) < 4.78 is 28.9. The summed E-state index contributed by atoms with van der Waals surface area (Å²) in [6.45, 7) is 4.12. The number of rotatable bonds is 6. The second kappa shape index (κ2) is 8.65. The monoisotopic (exact) mass is 416 g/mol. The number of carbonyl (C=O) groups excluding carboxylic acids is 1. The number of nitrogens with one attached hydrogen (secondary N) is 1. The molecular formula is C21H22F2N4OS. The van der Waals surface area contributed by atoms with E-state index in [1.807, 2.05) is 31.2 Å². The molecule has 1 heterocycles. The minimum atomic E-state index is -0.928. The Labute approximate surface area is 173 Å². The Hall–Kier alpha value is -2.87. The van der Waals surface area contributed by atoms with E-state index in [9.17, 15) is 13.6 Å². The molecule has 29 heavy (non-hydrogen) atoms. The van der Waals surface area contributed by atoms with Crippen LogP contribution >= 0.6 is 12.2 Å². The number of aromatic nitrogens is 3. The SMILES string of the molecule is Cc1cccc(-c2n[nH]c(=S)n2CCC(=O)N(C)C(C)c2ccc(F)c(F)c2)c1. The highest BCUT2D eigenvalue weighted by Gasteiger charge is 2.19. The van der Waals surface area contributed by atoms with Gasteiger partial charge in [-0.1, -0.05) is 29.8 Å². The summed E-state index contributed by atoms with van der Waals surface area (Å²) in [4.78, 5) is 14.2. The number of halogens is 2. The van der Waals surface area contributed by atoms with Crippen LogP contribution in [0.15, 0.2) is 42.5 Å². The van der Waals surface area contributed by atoms with Gasteiger partial charge < -0.3 is 4.90 Å². The zero-order valence-electron chi connectivity index (χ0n) is 16.4. The number of nitrogens with zero attached hydrogens (tertiary/aromatic N) is 3. The first-order valence-corrected chi connectivity index (χ1v) is 9.61. The van der Waals surface area contributed by atoms with Crippen molar-refractivity contribution < 1.29 is 13.6 Å². The van der Waals surface area contributed by atoms with Crippen molar-refractivity contribution in [1.29, 1.82) is 0 Å². The molecule has 0 aliphatic heterocycles. The number of hydrogen-bond donors (Lipinski definition) is 1. The highest BCUT2D eigenvalue weighted by atomic mass is 32.1. The van der Waals surface area contributed by atoms with E-state index in [-0.39, 0.29) is 12.3 Å². The summed E-state index contributed by atoms with van der Waals surface area (Å²) in [5.74, 6) is -1.31. The maximum Gasteiger partial charge on any atom is 0.224 e. The van der Waals surface area contributed by atoms with Crippen LogP contribution in [-0.4, -0.2) is 32.6 Å². The van der Waals surface area contributed by atoms with Crippen molar-refractivity contribution in [2.24, 2.45) is 0 Å². The molecule has 8 heteroatoms. The Morgan fingerprint density at radius 3 is 2.69 bits per heavy atom. The van der Waals surface area contributed by atoms with Gasteiger partial charge in [-0.3, -0.25) is 14.5 Å². The molecule has 0 saturated carbocycles. The third-order valence-electron chi connectivity index (χ3n) is 4.98. The Bertz CT molecular complexity index is 1090. The van der Waals surface area contributed by atoms with Gasteiger partial charge in [0.2, 0.25) is 5.91 Å². The maximum atomic E-state index is 13.5. The van der Waals surface area contributed by atoms with E-state index in [0.29, 0.717) is 22.7 Å². The lowest BCUT2D eigenvalue weighted by molar-refractivity contribution is -0.132. The predicted molar refractivity (Wildman–Crippen MR) is 110 cm³/mol. The second-order valence-corrected chi connectivity index (χ2v) is 7.36. The van der Waals surface area contributed by atoms with E-state index < -0.39 is 17.7 Å². The smallest absolute Gasteiger partial charge is 0.224 e. The van der Waals surface area contributed by atoms with Gasteiger partial charge in [-0.15, -0.1) is 0 Å². The van der Waals surface area contributed by atoms with Gasteiger partial charge in [-0.05, 0) is 49.8 Å². The van der Waals surface area contributed by atoms with Gasteiger partial charge in [0.05, 0.1) is 6.04 Å². The molecule has 0 fully saturated rings. The lowest BCUT2D eigenvalue weighted by atomic mass is 10.1. The number of benzene rings is 2. The first kappa shape index (κ1) is 20.9. The molecule has 152 valence electrons. The molecule has 0 spiro atoms. The zero-order valence-corrected chi connectivity index (χ0v) is 17.3. The summed E-state index contributed by atoms with van der Waals surface area (Å²) >= 11 is 5.32. The molecule has 1 aromatic heterocycles. The predicted octanol–water partition coefficient (Wildman–Crippen LogP) is 4.80. The zero-order chi connectivity index (χ0) is 21.1. The molecule has 1 unspecified atom stereocenters. The van der Waals surface area contributed by atoms with Crippen LogP contribution in [0.3, 0.4) is 0 Å². The highest BCUT2D eigenvalue weighted by molar-refractivity contribution is 7.71. The van der Waals surface area contributed by atoms with Gasteiger partial charge in [0, 0.05) is 25.6 Å². The van der Waals surface area contributed by atoms with Crippen LogP contribution < -0.4 is 0 Å². The number of H-pyrrole nitrogens is 1. The topological polar surface area (TPSA) is 53.9 Å². The molecule has 0 saturated heterocycles. The number of aromatic amines is 1. The Kier molecular flexibility index (Phi) is 6.22. The largest absolute Gasteiger partial charge is 0.339 e. The van der Waals surface area contributed by atoms with Gasteiger partial charge >= 0.3 is 0 Å². The normalized spacial score (nSPS) is 12.0. The second-order valence-electron chi connectivity index (χ2n) is 6.98. The Morgan fingerprint density at radius 2 is 2.00 bits per heavy atom. The molecule has 0 aliphatic carbocycles. The van der Waals surface area contributed by atoms with Crippen molar-refractivity contribution in [3.8, 4) is 11.4 Å². The van der Waals surface area contributed by atoms with Crippen LogP contribution in [0.5, 0.6) is 0 Å². The van der Waals surface area contributed by atoms with Crippen molar-refractivity contribution in [3.05, 3.63) is 70.0 Å². The third kappa shape index (κ3) is 4.59. The maximum absolute atomic E-state index is 13.5. The third-order valence-corrected chi connectivity index (χ3v) is 5.30. The first-order chi connectivity index (χ1) is 13.8. The van der Waals surface area contributed by atoms with Gasteiger partial charge in [0.1, 0.15) is 0 Å². The standard InChI is InChI=1S/C21H22F2N4OS/c1-13-5-4-6-16(11-13)20-24-25-21(29)27(20)10-9-19(28)26(3)14(2)15-7-8-17(22)18(23)12-15/h4-8,11-12,14H,9-10H2,1-3H3,(H,25,29). The van der Waals surface area contributed by atoms with E-state index in [1.165, 1.54) is 11.0 Å². The van der Waals surface area contributed by atoms with E-state index in [1.54, 1.807) is 18.5 Å². The quantitative estimate of drug-likeness (QED) is 0.587. The first-order valence-electron chi connectivity index (χ1n) is 9.20. The van der Waals surface area contributed by atoms with Crippen LogP contribution in [0.2, 0.25) is 0 Å². The van der Waals surface area contributed by atoms with Crippen molar-refractivity contribution in [2.45, 2.75) is 32.9 Å². The minimum Gasteiger partial charge on any atom is -0.339 e. The average molecular weight is 416 g/mol. The van der Waals surface area contributed by atoms with Crippen LogP contribution in [0, 0.1) is 23.3 Å². The summed E-state index contributed by atoms with van der Waals surface area (Å²) in [7, 11) is 1.64. The fraction of sp³-hybridized carbons (Fsp3) is 0.286. The summed E-state index contributed by atoms with van der Waals surface area (Å²) in [6.07, 6.45) is 0.192. The molecule has 3 aromatic rings. The number of carbonyl (C=O) groups is 1. The fourth-order valence-corrected chi connectivity index (χ4v) is 3.35. The highest BCUT2D eigenvalue weighted by Crippen LogP contribution is 2.23. The van der Waals surface area contributed by atoms with Gasteiger partial charge in [0.15, 0.2) is 22.2 Å². The molecule has 2 aromatic carbocycles. The molecule has 5 nitrogen and oxygen atoms in total. The van der Waals surface area contributed by atoms with Crippen LogP contribution in [0.25, 0.3) is 11.4 Å². The van der Waals surface area contributed by atoms with Crippen LogP contribution in [-0.2, 0) is 11.3 Å². The molecule has 0 aliphatic rings. The molecule has 1 amide bonds. The van der Waals surface area contributed by atoms with Crippen LogP contribution in [0.4, 0.5) is 8.78 Å². The lowest BCUT2D eigenvalue weighted by Crippen LogP contribution is -2.30. The number of aryl methyl sites for hydroxylation is 1. The van der Waals surface area contributed by atoms with Gasteiger partial charge in [-0.25, -0.2) is 8.78 Å². The van der Waals surface area contributed by atoms with Crippen molar-refractivity contribution in [2.75, 3.05) is 7.05 Å². The molecule has 3 rings (SSSR count). The molecule has 1 atom stereocenters. The molecular weight excluding hydrogens is 394 g/mol. The number of hydrogen-bond acceptors (Lipinski definition) is 3. The van der Waals surface area contributed by atoms with Crippen molar-refractivity contribution in [3.63, 3.8) is 0 Å². The van der Waals surface area contributed by atoms with E-state index in [2.05, 4.69) is 10.2 Å². The van der Waals surface area contributed by atoms with E-state index >= 15 is 0 Å². The summed E-state index contributed by atoms with van der Waals surface area (Å²) in [6, 6.07) is 11.1. The Balaban J connectivity index is 1.73. The minimum absolute atomic E-state index is 0.138. The number of amides is 1. The summed E-state index contributed by atoms with van der Waals surface area (Å²) in [5, 5.41) is 7.08. The van der Waals surface area contributed by atoms with Gasteiger partial charge in [0.25, 0.3) is 0 Å².